The summed E-state index contributed by atoms with van der Waals surface area (Å²) in [5.74, 6) is 0.439. The quantitative estimate of drug-likeness (QED) is 0.810. The second-order valence-corrected chi connectivity index (χ2v) is 4.22. The Morgan fingerprint density at radius 2 is 2.00 bits per heavy atom. The van der Waals surface area contributed by atoms with E-state index in [1.165, 1.54) is 0 Å². The van der Waals surface area contributed by atoms with E-state index in [2.05, 4.69) is 9.72 Å². The van der Waals surface area contributed by atoms with Crippen molar-refractivity contribution < 1.29 is 22.6 Å². The zero-order chi connectivity index (χ0) is 14.5. The van der Waals surface area contributed by atoms with E-state index in [4.69, 9.17) is 10.5 Å². The Morgan fingerprint density at radius 1 is 1.32 bits per heavy atom. The summed E-state index contributed by atoms with van der Waals surface area (Å²) in [5.41, 5.74) is 7.13. The average Bonchev–Trinajstić information content (AvgIpc) is 2.24. The van der Waals surface area contributed by atoms with Crippen molar-refractivity contribution in [2.45, 2.75) is 32.7 Å². The number of hydrogen-bond acceptors (Lipinski definition) is 4. The Balaban J connectivity index is 2.57. The lowest BCUT2D eigenvalue weighted by atomic mass is 10.1. The molecule has 19 heavy (non-hydrogen) atoms. The lowest BCUT2D eigenvalue weighted by molar-refractivity contribution is -0.325. The van der Waals surface area contributed by atoms with E-state index in [0.29, 0.717) is 17.9 Å². The average molecular weight is 278 g/mol. The van der Waals surface area contributed by atoms with Gasteiger partial charge in [0.2, 0.25) is 0 Å². The SMILES string of the molecule is Cc1ccc(OCCOC(F)(F)F)c(CC(C)N)n1. The molecule has 2 N–H and O–H groups in total. The van der Waals surface area contributed by atoms with Gasteiger partial charge in [-0.25, -0.2) is 0 Å². The first-order chi connectivity index (χ1) is 8.78. The molecule has 0 bridgehead atoms. The first kappa shape index (κ1) is 15.7. The van der Waals surface area contributed by atoms with Crippen molar-refractivity contribution in [2.75, 3.05) is 13.2 Å². The molecule has 0 aliphatic heterocycles. The van der Waals surface area contributed by atoms with E-state index in [9.17, 15) is 13.2 Å². The van der Waals surface area contributed by atoms with Crippen LogP contribution in [0, 0.1) is 6.92 Å². The normalized spacial score (nSPS) is 13.4. The summed E-state index contributed by atoms with van der Waals surface area (Å²) in [6.45, 7) is 2.88. The Bertz CT molecular complexity index is 408. The van der Waals surface area contributed by atoms with E-state index in [1.54, 1.807) is 12.1 Å². The molecule has 0 aliphatic carbocycles. The minimum absolute atomic E-state index is 0.108. The summed E-state index contributed by atoms with van der Waals surface area (Å²) in [4.78, 5) is 4.27. The molecular weight excluding hydrogens is 261 g/mol. The Kier molecular flexibility index (Phi) is 5.56. The molecule has 0 fully saturated rings. The van der Waals surface area contributed by atoms with Gasteiger partial charge >= 0.3 is 6.36 Å². The smallest absolute Gasteiger partial charge is 0.489 e. The lowest BCUT2D eigenvalue weighted by Crippen LogP contribution is -2.21. The van der Waals surface area contributed by atoms with Crippen LogP contribution in [-0.2, 0) is 11.2 Å². The summed E-state index contributed by atoms with van der Waals surface area (Å²) in [6.07, 6.45) is -4.14. The highest BCUT2D eigenvalue weighted by Crippen LogP contribution is 2.19. The number of nitrogens with zero attached hydrogens (tertiary/aromatic N) is 1. The van der Waals surface area contributed by atoms with E-state index < -0.39 is 13.0 Å². The highest BCUT2D eigenvalue weighted by atomic mass is 19.4. The van der Waals surface area contributed by atoms with E-state index in [0.717, 1.165) is 5.69 Å². The van der Waals surface area contributed by atoms with Crippen LogP contribution in [-0.4, -0.2) is 30.6 Å². The first-order valence-electron chi connectivity index (χ1n) is 5.83. The fourth-order valence-electron chi connectivity index (χ4n) is 1.49. The van der Waals surface area contributed by atoms with Crippen LogP contribution in [0.5, 0.6) is 5.75 Å². The molecule has 0 spiro atoms. The van der Waals surface area contributed by atoms with Crippen LogP contribution in [0.3, 0.4) is 0 Å². The van der Waals surface area contributed by atoms with Crippen molar-refractivity contribution in [1.29, 1.82) is 0 Å². The summed E-state index contributed by atoms with van der Waals surface area (Å²) in [5, 5.41) is 0. The molecule has 4 nitrogen and oxygen atoms in total. The maximum absolute atomic E-state index is 11.8. The van der Waals surface area contributed by atoms with Gasteiger partial charge in [0.05, 0.1) is 12.3 Å². The van der Waals surface area contributed by atoms with Crippen LogP contribution in [0.4, 0.5) is 13.2 Å². The van der Waals surface area contributed by atoms with Crippen LogP contribution in [0.2, 0.25) is 0 Å². The van der Waals surface area contributed by atoms with Gasteiger partial charge in [-0.1, -0.05) is 0 Å². The van der Waals surface area contributed by atoms with Crippen molar-refractivity contribution in [3.05, 3.63) is 23.5 Å². The van der Waals surface area contributed by atoms with Crippen LogP contribution in [0.1, 0.15) is 18.3 Å². The predicted molar refractivity (Wildman–Crippen MR) is 63.8 cm³/mol. The minimum Gasteiger partial charge on any atom is -0.489 e. The number of aromatic nitrogens is 1. The van der Waals surface area contributed by atoms with Gasteiger partial charge < -0.3 is 10.5 Å². The maximum atomic E-state index is 11.8. The summed E-state index contributed by atoms with van der Waals surface area (Å²) in [7, 11) is 0. The van der Waals surface area contributed by atoms with Crippen molar-refractivity contribution in [1.82, 2.24) is 4.98 Å². The third kappa shape index (κ3) is 6.40. The molecule has 0 aromatic carbocycles. The van der Waals surface area contributed by atoms with Crippen LogP contribution < -0.4 is 10.5 Å². The number of alkyl halides is 3. The van der Waals surface area contributed by atoms with Crippen LogP contribution >= 0.6 is 0 Å². The number of ether oxygens (including phenoxy) is 2. The molecule has 1 aromatic heterocycles. The fourth-order valence-corrected chi connectivity index (χ4v) is 1.49. The second-order valence-electron chi connectivity index (χ2n) is 4.22. The standard InChI is InChI=1S/C12H17F3N2O2/c1-8(16)7-10-11(4-3-9(2)17-10)18-5-6-19-12(13,14)15/h3-4,8H,5-7,16H2,1-2H3. The van der Waals surface area contributed by atoms with Gasteiger partial charge in [-0.2, -0.15) is 0 Å². The molecule has 1 unspecified atom stereocenters. The highest BCUT2D eigenvalue weighted by molar-refractivity contribution is 5.29. The molecule has 0 aliphatic rings. The molecular formula is C12H17F3N2O2. The Labute approximate surface area is 109 Å². The lowest BCUT2D eigenvalue weighted by Gasteiger charge is -2.13. The van der Waals surface area contributed by atoms with E-state index in [-0.39, 0.29) is 12.6 Å². The highest BCUT2D eigenvalue weighted by Gasteiger charge is 2.28. The zero-order valence-corrected chi connectivity index (χ0v) is 10.8. The third-order valence-electron chi connectivity index (χ3n) is 2.19. The zero-order valence-electron chi connectivity index (χ0n) is 10.8. The number of aryl methyl sites for hydroxylation is 1. The molecule has 0 saturated carbocycles. The van der Waals surface area contributed by atoms with Gasteiger partial charge in [-0.05, 0) is 26.0 Å². The topological polar surface area (TPSA) is 57.4 Å². The Hall–Kier alpha value is -1.34. The number of pyridine rings is 1. The fraction of sp³-hybridized carbons (Fsp3) is 0.583. The van der Waals surface area contributed by atoms with Crippen molar-refractivity contribution in [3.8, 4) is 5.75 Å². The molecule has 1 aromatic rings. The second kappa shape index (κ2) is 6.72. The summed E-state index contributed by atoms with van der Waals surface area (Å²) in [6, 6.07) is 3.29. The molecule has 1 rings (SSSR count). The van der Waals surface area contributed by atoms with E-state index in [1.807, 2.05) is 13.8 Å². The minimum atomic E-state index is -4.64. The van der Waals surface area contributed by atoms with Crippen molar-refractivity contribution in [3.63, 3.8) is 0 Å². The first-order valence-corrected chi connectivity index (χ1v) is 5.83. The monoisotopic (exact) mass is 278 g/mol. The Morgan fingerprint density at radius 3 is 2.58 bits per heavy atom. The van der Waals surface area contributed by atoms with Crippen LogP contribution in [0.15, 0.2) is 12.1 Å². The van der Waals surface area contributed by atoms with Gasteiger partial charge in [0, 0.05) is 18.2 Å². The molecule has 0 amide bonds. The van der Waals surface area contributed by atoms with Gasteiger partial charge in [0.1, 0.15) is 12.4 Å². The molecule has 0 saturated heterocycles. The molecule has 1 heterocycles. The van der Waals surface area contributed by atoms with Crippen LogP contribution in [0.25, 0.3) is 0 Å². The number of hydrogen-bond donors (Lipinski definition) is 1. The van der Waals surface area contributed by atoms with Crippen molar-refractivity contribution >= 4 is 0 Å². The van der Waals surface area contributed by atoms with Crippen molar-refractivity contribution in [2.24, 2.45) is 5.73 Å². The predicted octanol–water partition coefficient (Wildman–Crippen LogP) is 2.19. The third-order valence-corrected chi connectivity index (χ3v) is 2.19. The number of nitrogens with two attached hydrogens (primary N) is 1. The summed E-state index contributed by atoms with van der Waals surface area (Å²) >= 11 is 0. The summed E-state index contributed by atoms with van der Waals surface area (Å²) < 4.78 is 44.2. The van der Waals surface area contributed by atoms with Gasteiger partial charge in [0.25, 0.3) is 0 Å². The molecule has 108 valence electrons. The molecule has 7 heteroatoms. The van der Waals surface area contributed by atoms with Gasteiger partial charge in [-0.15, -0.1) is 13.2 Å². The number of halogens is 3. The largest absolute Gasteiger partial charge is 0.522 e. The van der Waals surface area contributed by atoms with Gasteiger partial charge in [0.15, 0.2) is 0 Å². The number of rotatable bonds is 6. The maximum Gasteiger partial charge on any atom is 0.522 e. The van der Waals surface area contributed by atoms with Gasteiger partial charge in [-0.3, -0.25) is 9.72 Å². The molecule has 1 atom stereocenters. The van der Waals surface area contributed by atoms with E-state index >= 15 is 0 Å². The molecule has 0 radical (unpaired) electrons.